The molecule has 116 valence electrons. The fraction of sp³-hybridized carbons (Fsp3) is 0.412. The molecule has 0 bridgehead atoms. The van der Waals surface area contributed by atoms with Crippen LogP contribution in [-0.4, -0.2) is 40.1 Å². The van der Waals surface area contributed by atoms with E-state index in [9.17, 15) is 4.79 Å². The van der Waals surface area contributed by atoms with E-state index in [4.69, 9.17) is 4.74 Å². The smallest absolute Gasteiger partial charge is 0.254 e. The summed E-state index contributed by atoms with van der Waals surface area (Å²) in [6.45, 7) is 2.16. The summed E-state index contributed by atoms with van der Waals surface area (Å²) in [5.41, 5.74) is 1.77. The highest BCUT2D eigenvalue weighted by atomic mass is 16.5. The maximum atomic E-state index is 12.8. The molecule has 1 aromatic heterocycles. The molecule has 1 aliphatic heterocycles. The molecule has 0 aliphatic carbocycles. The van der Waals surface area contributed by atoms with Crippen molar-refractivity contribution in [2.75, 3.05) is 13.7 Å². The maximum absolute atomic E-state index is 12.8. The number of ether oxygens (including phenoxy) is 1. The van der Waals surface area contributed by atoms with Crippen molar-refractivity contribution in [1.82, 2.24) is 14.5 Å². The second kappa shape index (κ2) is 6.75. The summed E-state index contributed by atoms with van der Waals surface area (Å²) >= 11 is 0. The van der Waals surface area contributed by atoms with Crippen molar-refractivity contribution in [3.63, 3.8) is 0 Å². The van der Waals surface area contributed by atoms with E-state index in [1.54, 1.807) is 19.6 Å². The van der Waals surface area contributed by atoms with Gasteiger partial charge in [0.15, 0.2) is 0 Å². The van der Waals surface area contributed by atoms with Crippen molar-refractivity contribution >= 4 is 5.91 Å². The minimum Gasteiger partial charge on any atom is -0.380 e. The zero-order chi connectivity index (χ0) is 15.4. The van der Waals surface area contributed by atoms with Crippen molar-refractivity contribution in [3.05, 3.63) is 54.1 Å². The standard InChI is InChI=1S/C17H21N3O2/c1-22-12-14-4-2-5-15(10-14)17(21)20-8-3-6-16(20)11-19-9-7-18-13-19/h2,4-5,7,9-10,13,16H,3,6,8,11-12H2,1H3/t16-/m1/s1. The Morgan fingerprint density at radius 1 is 1.45 bits per heavy atom. The zero-order valence-electron chi connectivity index (χ0n) is 12.8. The predicted octanol–water partition coefficient (Wildman–Crippen LogP) is 2.33. The molecule has 0 unspecified atom stereocenters. The van der Waals surface area contributed by atoms with Crippen LogP contribution in [0.3, 0.4) is 0 Å². The van der Waals surface area contributed by atoms with Crippen LogP contribution in [-0.2, 0) is 17.9 Å². The third kappa shape index (κ3) is 3.20. The highest BCUT2D eigenvalue weighted by molar-refractivity contribution is 5.94. The first kappa shape index (κ1) is 14.8. The Labute approximate surface area is 130 Å². The monoisotopic (exact) mass is 299 g/mol. The van der Waals surface area contributed by atoms with Crippen LogP contribution >= 0.6 is 0 Å². The molecular formula is C17H21N3O2. The number of rotatable bonds is 5. The first-order valence-corrected chi connectivity index (χ1v) is 7.62. The number of carbonyl (C=O) groups excluding carboxylic acids is 1. The van der Waals surface area contributed by atoms with Gasteiger partial charge in [-0.15, -0.1) is 0 Å². The first-order chi connectivity index (χ1) is 10.8. The van der Waals surface area contributed by atoms with Crippen LogP contribution in [0.5, 0.6) is 0 Å². The molecule has 1 fully saturated rings. The Morgan fingerprint density at radius 2 is 2.36 bits per heavy atom. The van der Waals surface area contributed by atoms with Crippen LogP contribution in [0.2, 0.25) is 0 Å². The normalized spacial score (nSPS) is 17.9. The number of hydrogen-bond acceptors (Lipinski definition) is 3. The summed E-state index contributed by atoms with van der Waals surface area (Å²) < 4.78 is 7.18. The van der Waals surface area contributed by atoms with Crippen LogP contribution in [0.1, 0.15) is 28.8 Å². The largest absolute Gasteiger partial charge is 0.380 e. The zero-order valence-corrected chi connectivity index (χ0v) is 12.8. The van der Waals surface area contributed by atoms with E-state index < -0.39 is 0 Å². The van der Waals surface area contributed by atoms with Gasteiger partial charge in [0, 0.05) is 44.2 Å². The molecule has 1 aromatic carbocycles. The van der Waals surface area contributed by atoms with Gasteiger partial charge in [-0.3, -0.25) is 4.79 Å². The number of likely N-dealkylation sites (tertiary alicyclic amines) is 1. The van der Waals surface area contributed by atoms with Gasteiger partial charge in [0.05, 0.1) is 12.9 Å². The van der Waals surface area contributed by atoms with Crippen molar-refractivity contribution in [1.29, 1.82) is 0 Å². The minimum atomic E-state index is 0.112. The molecule has 2 aromatic rings. The number of hydrogen-bond donors (Lipinski definition) is 0. The topological polar surface area (TPSA) is 47.4 Å². The van der Waals surface area contributed by atoms with Gasteiger partial charge < -0.3 is 14.2 Å². The van der Waals surface area contributed by atoms with Gasteiger partial charge in [0.25, 0.3) is 5.91 Å². The van der Waals surface area contributed by atoms with Gasteiger partial charge in [0.1, 0.15) is 0 Å². The fourth-order valence-corrected chi connectivity index (χ4v) is 3.06. The molecule has 0 radical (unpaired) electrons. The Kier molecular flexibility index (Phi) is 4.53. The quantitative estimate of drug-likeness (QED) is 0.851. The molecule has 1 saturated heterocycles. The number of carbonyl (C=O) groups is 1. The van der Waals surface area contributed by atoms with Gasteiger partial charge in [-0.05, 0) is 30.5 Å². The Hall–Kier alpha value is -2.14. The fourth-order valence-electron chi connectivity index (χ4n) is 3.06. The molecule has 22 heavy (non-hydrogen) atoms. The summed E-state index contributed by atoms with van der Waals surface area (Å²) in [6, 6.07) is 7.95. The minimum absolute atomic E-state index is 0.112. The summed E-state index contributed by atoms with van der Waals surface area (Å²) in [6.07, 6.45) is 7.63. The van der Waals surface area contributed by atoms with E-state index in [1.165, 1.54) is 0 Å². The Morgan fingerprint density at radius 3 is 3.14 bits per heavy atom. The molecular weight excluding hydrogens is 278 g/mol. The van der Waals surface area contributed by atoms with E-state index >= 15 is 0 Å². The van der Waals surface area contributed by atoms with E-state index in [1.807, 2.05) is 39.9 Å². The number of nitrogens with zero attached hydrogens (tertiary/aromatic N) is 3. The Bertz CT molecular complexity index is 625. The molecule has 2 heterocycles. The average molecular weight is 299 g/mol. The summed E-state index contributed by atoms with van der Waals surface area (Å²) in [5, 5.41) is 0. The SMILES string of the molecule is COCc1cccc(C(=O)N2CCC[C@@H]2Cn2ccnc2)c1. The molecule has 1 amide bonds. The third-order valence-electron chi connectivity index (χ3n) is 4.10. The van der Waals surface area contributed by atoms with E-state index in [0.717, 1.165) is 37.1 Å². The lowest BCUT2D eigenvalue weighted by atomic mass is 10.1. The number of benzene rings is 1. The van der Waals surface area contributed by atoms with Crippen LogP contribution in [0, 0.1) is 0 Å². The molecule has 5 nitrogen and oxygen atoms in total. The van der Waals surface area contributed by atoms with Crippen LogP contribution in [0.25, 0.3) is 0 Å². The second-order valence-electron chi connectivity index (χ2n) is 5.69. The molecule has 0 spiro atoms. The lowest BCUT2D eigenvalue weighted by molar-refractivity contribution is 0.0724. The molecule has 1 atom stereocenters. The van der Waals surface area contributed by atoms with Crippen molar-refractivity contribution < 1.29 is 9.53 Å². The number of imidazole rings is 1. The van der Waals surface area contributed by atoms with Gasteiger partial charge in [-0.25, -0.2) is 4.98 Å². The summed E-state index contributed by atoms with van der Waals surface area (Å²) in [7, 11) is 1.66. The second-order valence-corrected chi connectivity index (χ2v) is 5.69. The lowest BCUT2D eigenvalue weighted by Gasteiger charge is -2.25. The van der Waals surface area contributed by atoms with Crippen molar-refractivity contribution in [3.8, 4) is 0 Å². The van der Waals surface area contributed by atoms with Crippen LogP contribution in [0.4, 0.5) is 0 Å². The van der Waals surface area contributed by atoms with Crippen molar-refractivity contribution in [2.24, 2.45) is 0 Å². The highest BCUT2D eigenvalue weighted by Crippen LogP contribution is 2.22. The maximum Gasteiger partial charge on any atom is 0.254 e. The molecule has 0 N–H and O–H groups in total. The lowest BCUT2D eigenvalue weighted by Crippen LogP contribution is -2.38. The van der Waals surface area contributed by atoms with E-state index in [0.29, 0.717) is 6.61 Å². The molecule has 0 saturated carbocycles. The number of methoxy groups -OCH3 is 1. The summed E-state index contributed by atoms with van der Waals surface area (Å²) in [4.78, 5) is 18.9. The van der Waals surface area contributed by atoms with E-state index in [-0.39, 0.29) is 11.9 Å². The van der Waals surface area contributed by atoms with Gasteiger partial charge in [-0.1, -0.05) is 12.1 Å². The molecule has 5 heteroatoms. The van der Waals surface area contributed by atoms with Gasteiger partial charge >= 0.3 is 0 Å². The number of aromatic nitrogens is 2. The summed E-state index contributed by atoms with van der Waals surface area (Å²) in [5.74, 6) is 0.112. The van der Waals surface area contributed by atoms with Gasteiger partial charge in [0.2, 0.25) is 0 Å². The average Bonchev–Trinajstić information content (AvgIpc) is 3.19. The first-order valence-electron chi connectivity index (χ1n) is 7.62. The third-order valence-corrected chi connectivity index (χ3v) is 4.10. The predicted molar refractivity (Wildman–Crippen MR) is 83.4 cm³/mol. The van der Waals surface area contributed by atoms with Crippen LogP contribution in [0.15, 0.2) is 43.0 Å². The Balaban J connectivity index is 1.74. The van der Waals surface area contributed by atoms with Crippen LogP contribution < -0.4 is 0 Å². The highest BCUT2D eigenvalue weighted by Gasteiger charge is 2.29. The van der Waals surface area contributed by atoms with Gasteiger partial charge in [-0.2, -0.15) is 0 Å². The van der Waals surface area contributed by atoms with E-state index in [2.05, 4.69) is 4.98 Å². The van der Waals surface area contributed by atoms with Crippen molar-refractivity contribution in [2.45, 2.75) is 32.0 Å². The number of amides is 1. The molecule has 3 rings (SSSR count). The molecule has 1 aliphatic rings.